The Kier molecular flexibility index (Phi) is 3.85. The lowest BCUT2D eigenvalue weighted by Crippen LogP contribution is -2.37. The van der Waals surface area contributed by atoms with Crippen molar-refractivity contribution in [3.05, 3.63) is 29.1 Å². The number of rotatable bonds is 3. The number of pyridine rings is 1. The minimum absolute atomic E-state index is 0.253. The molecule has 1 aliphatic carbocycles. The third kappa shape index (κ3) is 2.63. The largest absolute Gasteiger partial charge is 0.300 e. The molecule has 1 aromatic heterocycles. The first-order chi connectivity index (χ1) is 9.60. The van der Waals surface area contributed by atoms with Crippen molar-refractivity contribution in [3.8, 4) is 0 Å². The molecule has 0 spiro atoms. The Balaban J connectivity index is 1.82. The molecule has 1 fully saturated rings. The van der Waals surface area contributed by atoms with Crippen LogP contribution in [0.5, 0.6) is 0 Å². The first-order valence-corrected chi connectivity index (χ1v) is 8.32. The van der Waals surface area contributed by atoms with E-state index in [-0.39, 0.29) is 5.41 Å². The van der Waals surface area contributed by atoms with Gasteiger partial charge in [-0.25, -0.2) is 0 Å². The van der Waals surface area contributed by atoms with Crippen molar-refractivity contribution in [1.82, 2.24) is 9.88 Å². The lowest BCUT2D eigenvalue weighted by atomic mass is 9.80. The summed E-state index contributed by atoms with van der Waals surface area (Å²) in [5.41, 5.74) is 4.55. The summed E-state index contributed by atoms with van der Waals surface area (Å²) in [6.45, 7) is 9.56. The minimum Gasteiger partial charge on any atom is -0.300 e. The number of likely N-dealkylation sites (tertiary alicyclic amines) is 1. The molecule has 1 atom stereocenters. The molecular weight excluding hydrogens is 244 g/mol. The number of nitrogens with zero attached hydrogens (tertiary/aromatic N) is 2. The lowest BCUT2D eigenvalue weighted by Gasteiger charge is -2.33. The zero-order chi connectivity index (χ0) is 14.2. The van der Waals surface area contributed by atoms with Gasteiger partial charge in [-0.15, -0.1) is 0 Å². The average molecular weight is 272 g/mol. The highest BCUT2D eigenvalue weighted by molar-refractivity contribution is 5.32. The highest BCUT2D eigenvalue weighted by Crippen LogP contribution is 2.31. The number of fused-ring (bicyclic) bond motifs is 1. The summed E-state index contributed by atoms with van der Waals surface area (Å²) in [7, 11) is 0. The molecule has 0 saturated carbocycles. The summed E-state index contributed by atoms with van der Waals surface area (Å²) in [6.07, 6.45) is 9.77. The predicted molar refractivity (Wildman–Crippen MR) is 84.2 cm³/mol. The van der Waals surface area contributed by atoms with E-state index in [1.807, 2.05) is 0 Å². The van der Waals surface area contributed by atoms with Gasteiger partial charge in [-0.05, 0) is 68.2 Å². The van der Waals surface area contributed by atoms with E-state index in [1.165, 1.54) is 68.4 Å². The quantitative estimate of drug-likeness (QED) is 0.833. The van der Waals surface area contributed by atoms with E-state index in [2.05, 4.69) is 37.9 Å². The van der Waals surface area contributed by atoms with Crippen molar-refractivity contribution in [2.24, 2.45) is 0 Å². The standard InChI is InChI=1S/C18H28N2/c1-4-18(2,3)15-11-14-12-16(20-9-5-6-10-20)7-8-17(14)19-13-15/h11,13,16H,4-10,12H2,1-3H3. The van der Waals surface area contributed by atoms with Crippen LogP contribution in [0, 0.1) is 0 Å². The Hall–Kier alpha value is -0.890. The molecule has 20 heavy (non-hydrogen) atoms. The van der Waals surface area contributed by atoms with Crippen LogP contribution in [-0.2, 0) is 18.3 Å². The smallest absolute Gasteiger partial charge is 0.0436 e. The SMILES string of the molecule is CCC(C)(C)c1cnc2c(c1)CC(N1CCCC1)CC2. The van der Waals surface area contributed by atoms with E-state index in [1.54, 1.807) is 0 Å². The van der Waals surface area contributed by atoms with Crippen LogP contribution in [0.15, 0.2) is 12.3 Å². The maximum atomic E-state index is 4.78. The van der Waals surface area contributed by atoms with E-state index in [9.17, 15) is 0 Å². The normalized spacial score (nSPS) is 23.9. The van der Waals surface area contributed by atoms with Gasteiger partial charge in [0.2, 0.25) is 0 Å². The molecule has 1 unspecified atom stereocenters. The molecule has 2 heterocycles. The van der Waals surface area contributed by atoms with Crippen molar-refractivity contribution < 1.29 is 0 Å². The summed E-state index contributed by atoms with van der Waals surface area (Å²) in [4.78, 5) is 7.48. The molecule has 1 aliphatic heterocycles. The fourth-order valence-corrected chi connectivity index (χ4v) is 3.59. The molecule has 2 aliphatic rings. The Labute approximate surface area is 123 Å². The van der Waals surface area contributed by atoms with Crippen molar-refractivity contribution in [1.29, 1.82) is 0 Å². The molecule has 0 amide bonds. The average Bonchev–Trinajstić information content (AvgIpc) is 3.00. The van der Waals surface area contributed by atoms with Crippen molar-refractivity contribution in [3.63, 3.8) is 0 Å². The molecule has 0 N–H and O–H groups in total. The summed E-state index contributed by atoms with van der Waals surface area (Å²) >= 11 is 0. The maximum Gasteiger partial charge on any atom is 0.0436 e. The molecule has 0 radical (unpaired) electrons. The Morgan fingerprint density at radius 3 is 2.75 bits per heavy atom. The van der Waals surface area contributed by atoms with Crippen molar-refractivity contribution >= 4 is 0 Å². The van der Waals surface area contributed by atoms with Crippen LogP contribution in [-0.4, -0.2) is 29.0 Å². The first kappa shape index (κ1) is 14.1. The van der Waals surface area contributed by atoms with Crippen LogP contribution in [0.2, 0.25) is 0 Å². The third-order valence-corrected chi connectivity index (χ3v) is 5.55. The number of hydrogen-bond donors (Lipinski definition) is 0. The van der Waals surface area contributed by atoms with Gasteiger partial charge in [0.1, 0.15) is 0 Å². The molecule has 2 heteroatoms. The molecule has 0 bridgehead atoms. The number of aromatic nitrogens is 1. The molecule has 3 rings (SSSR count). The van der Waals surface area contributed by atoms with Gasteiger partial charge in [0.25, 0.3) is 0 Å². The molecule has 0 aromatic carbocycles. The van der Waals surface area contributed by atoms with E-state index in [0.29, 0.717) is 0 Å². The monoisotopic (exact) mass is 272 g/mol. The van der Waals surface area contributed by atoms with Crippen LogP contribution < -0.4 is 0 Å². The predicted octanol–water partition coefficient (Wildman–Crippen LogP) is 3.72. The fourth-order valence-electron chi connectivity index (χ4n) is 3.59. The summed E-state index contributed by atoms with van der Waals surface area (Å²) < 4.78 is 0. The van der Waals surface area contributed by atoms with Gasteiger partial charge < -0.3 is 4.90 Å². The summed E-state index contributed by atoms with van der Waals surface area (Å²) in [6, 6.07) is 3.22. The fraction of sp³-hybridized carbons (Fsp3) is 0.722. The van der Waals surface area contributed by atoms with Crippen molar-refractivity contribution in [2.75, 3.05) is 13.1 Å². The van der Waals surface area contributed by atoms with Gasteiger partial charge in [-0.3, -0.25) is 4.98 Å². The van der Waals surface area contributed by atoms with Gasteiger partial charge in [-0.2, -0.15) is 0 Å². The number of aryl methyl sites for hydroxylation is 1. The zero-order valence-corrected chi connectivity index (χ0v) is 13.3. The van der Waals surface area contributed by atoms with Crippen LogP contribution in [0.4, 0.5) is 0 Å². The maximum absolute atomic E-state index is 4.78. The first-order valence-electron chi connectivity index (χ1n) is 8.32. The lowest BCUT2D eigenvalue weighted by molar-refractivity contribution is 0.221. The van der Waals surface area contributed by atoms with E-state index in [4.69, 9.17) is 4.98 Å². The Morgan fingerprint density at radius 1 is 1.30 bits per heavy atom. The van der Waals surface area contributed by atoms with E-state index < -0.39 is 0 Å². The minimum atomic E-state index is 0.253. The molecule has 1 saturated heterocycles. The van der Waals surface area contributed by atoms with E-state index in [0.717, 1.165) is 6.04 Å². The molecule has 110 valence electrons. The second kappa shape index (κ2) is 5.48. The second-order valence-electron chi connectivity index (χ2n) is 7.21. The van der Waals surface area contributed by atoms with Gasteiger partial charge in [-0.1, -0.05) is 26.8 Å². The zero-order valence-electron chi connectivity index (χ0n) is 13.3. The highest BCUT2D eigenvalue weighted by atomic mass is 15.2. The second-order valence-corrected chi connectivity index (χ2v) is 7.21. The van der Waals surface area contributed by atoms with Crippen LogP contribution >= 0.6 is 0 Å². The topological polar surface area (TPSA) is 16.1 Å². The Morgan fingerprint density at radius 2 is 2.05 bits per heavy atom. The number of hydrogen-bond acceptors (Lipinski definition) is 2. The molecular formula is C18H28N2. The Bertz CT molecular complexity index is 472. The van der Waals surface area contributed by atoms with Gasteiger partial charge in [0, 0.05) is 17.9 Å². The highest BCUT2D eigenvalue weighted by Gasteiger charge is 2.28. The van der Waals surface area contributed by atoms with Crippen molar-refractivity contribution in [2.45, 2.75) is 70.8 Å². The molecule has 1 aromatic rings. The van der Waals surface area contributed by atoms with Crippen LogP contribution in [0.3, 0.4) is 0 Å². The van der Waals surface area contributed by atoms with Crippen LogP contribution in [0.1, 0.15) is 63.3 Å². The van der Waals surface area contributed by atoms with E-state index >= 15 is 0 Å². The van der Waals surface area contributed by atoms with Gasteiger partial charge >= 0.3 is 0 Å². The third-order valence-electron chi connectivity index (χ3n) is 5.55. The summed E-state index contributed by atoms with van der Waals surface area (Å²) in [5.74, 6) is 0. The van der Waals surface area contributed by atoms with Gasteiger partial charge in [0.05, 0.1) is 0 Å². The molecule has 2 nitrogen and oxygen atoms in total. The van der Waals surface area contributed by atoms with Crippen LogP contribution in [0.25, 0.3) is 0 Å². The summed E-state index contributed by atoms with van der Waals surface area (Å²) in [5, 5.41) is 0. The van der Waals surface area contributed by atoms with Gasteiger partial charge in [0.15, 0.2) is 0 Å².